The number of anilines is 2. The van der Waals surface area contributed by atoms with E-state index in [1.807, 2.05) is 19.9 Å². The Morgan fingerprint density at radius 3 is 2.52 bits per heavy atom. The summed E-state index contributed by atoms with van der Waals surface area (Å²) in [6.07, 6.45) is 0. The highest BCUT2D eigenvalue weighted by molar-refractivity contribution is 6.07. The van der Waals surface area contributed by atoms with Crippen LogP contribution in [-0.2, 0) is 4.79 Å². The second-order valence-corrected chi connectivity index (χ2v) is 5.97. The number of hydrogen-bond donors (Lipinski definition) is 3. The molecule has 0 saturated heterocycles. The molecule has 2 amide bonds. The van der Waals surface area contributed by atoms with Crippen molar-refractivity contribution in [1.82, 2.24) is 4.98 Å². The van der Waals surface area contributed by atoms with Gasteiger partial charge in [-0.2, -0.15) is 0 Å². The Bertz CT molecular complexity index is 992. The van der Waals surface area contributed by atoms with E-state index in [1.165, 1.54) is 25.1 Å². The predicted molar refractivity (Wildman–Crippen MR) is 96.4 cm³/mol. The fourth-order valence-corrected chi connectivity index (χ4v) is 2.70. The summed E-state index contributed by atoms with van der Waals surface area (Å²) in [5.41, 5.74) is 3.92. The zero-order valence-electron chi connectivity index (χ0n) is 14.2. The van der Waals surface area contributed by atoms with E-state index in [1.54, 1.807) is 12.1 Å². The van der Waals surface area contributed by atoms with Crippen LogP contribution in [0.3, 0.4) is 0 Å². The molecule has 5 nitrogen and oxygen atoms in total. The molecule has 0 bridgehead atoms. The number of fused-ring (bicyclic) bond motifs is 1. The standard InChI is InChI=1S/C19H18FN3O2/c1-10-11(2)21-17-7-4-13(8-15(10)17)19(25)23-18-9-14(22-12(3)24)5-6-16(18)20/h4-9,21H,1-3H3,(H,22,24)(H,23,25). The minimum absolute atomic E-state index is 0.0123. The van der Waals surface area contributed by atoms with Crippen LogP contribution in [0.2, 0.25) is 0 Å². The molecule has 3 aromatic rings. The molecule has 3 N–H and O–H groups in total. The SMILES string of the molecule is CC(=O)Nc1ccc(F)c(NC(=O)c2ccc3[nH]c(C)c(C)c3c2)c1. The van der Waals surface area contributed by atoms with E-state index in [2.05, 4.69) is 15.6 Å². The van der Waals surface area contributed by atoms with E-state index in [-0.39, 0.29) is 11.6 Å². The molecule has 0 radical (unpaired) electrons. The number of benzene rings is 2. The number of carbonyl (C=O) groups is 2. The number of H-pyrrole nitrogens is 1. The van der Waals surface area contributed by atoms with E-state index >= 15 is 0 Å². The lowest BCUT2D eigenvalue weighted by Crippen LogP contribution is -2.14. The van der Waals surface area contributed by atoms with Gasteiger partial charge < -0.3 is 15.6 Å². The molecule has 1 heterocycles. The van der Waals surface area contributed by atoms with Crippen molar-refractivity contribution in [3.05, 3.63) is 59.0 Å². The molecule has 2 aromatic carbocycles. The van der Waals surface area contributed by atoms with Gasteiger partial charge in [-0.25, -0.2) is 4.39 Å². The first kappa shape index (κ1) is 16.7. The van der Waals surface area contributed by atoms with Gasteiger partial charge in [-0.05, 0) is 55.8 Å². The molecule has 0 spiro atoms. The normalized spacial score (nSPS) is 10.7. The van der Waals surface area contributed by atoms with E-state index in [9.17, 15) is 14.0 Å². The van der Waals surface area contributed by atoms with Gasteiger partial charge in [-0.15, -0.1) is 0 Å². The van der Waals surface area contributed by atoms with Crippen molar-refractivity contribution in [2.75, 3.05) is 10.6 Å². The number of aromatic nitrogens is 1. The maximum atomic E-state index is 14.0. The van der Waals surface area contributed by atoms with Crippen LogP contribution in [0, 0.1) is 19.7 Å². The van der Waals surface area contributed by atoms with Crippen molar-refractivity contribution in [1.29, 1.82) is 0 Å². The lowest BCUT2D eigenvalue weighted by atomic mass is 10.1. The molecule has 128 valence electrons. The van der Waals surface area contributed by atoms with Gasteiger partial charge >= 0.3 is 0 Å². The quantitative estimate of drug-likeness (QED) is 0.671. The third kappa shape index (κ3) is 3.38. The van der Waals surface area contributed by atoms with Crippen LogP contribution < -0.4 is 10.6 Å². The number of aryl methyl sites for hydroxylation is 2. The van der Waals surface area contributed by atoms with E-state index in [0.29, 0.717) is 11.3 Å². The van der Waals surface area contributed by atoms with E-state index in [4.69, 9.17) is 0 Å². The van der Waals surface area contributed by atoms with Crippen molar-refractivity contribution >= 4 is 34.1 Å². The molecule has 1 aromatic heterocycles. The molecule has 0 saturated carbocycles. The van der Waals surface area contributed by atoms with Crippen LogP contribution in [0.1, 0.15) is 28.5 Å². The molecule has 0 aliphatic heterocycles. The zero-order valence-corrected chi connectivity index (χ0v) is 14.2. The zero-order chi connectivity index (χ0) is 18.1. The Morgan fingerprint density at radius 2 is 1.80 bits per heavy atom. The van der Waals surface area contributed by atoms with Gasteiger partial charge in [0, 0.05) is 34.8 Å². The number of carbonyl (C=O) groups excluding carboxylic acids is 2. The highest BCUT2D eigenvalue weighted by Crippen LogP contribution is 2.24. The van der Waals surface area contributed by atoms with Crippen molar-refractivity contribution in [3.8, 4) is 0 Å². The Hall–Kier alpha value is -3.15. The molecular formula is C19H18FN3O2. The first-order valence-electron chi connectivity index (χ1n) is 7.82. The monoisotopic (exact) mass is 339 g/mol. The Balaban J connectivity index is 1.89. The van der Waals surface area contributed by atoms with Gasteiger partial charge in [0.25, 0.3) is 5.91 Å². The van der Waals surface area contributed by atoms with E-state index in [0.717, 1.165) is 22.2 Å². The van der Waals surface area contributed by atoms with Gasteiger partial charge in [-0.1, -0.05) is 0 Å². The summed E-state index contributed by atoms with van der Waals surface area (Å²) in [6.45, 7) is 5.31. The molecule has 0 aliphatic rings. The van der Waals surface area contributed by atoms with Crippen LogP contribution in [0.5, 0.6) is 0 Å². The van der Waals surface area contributed by atoms with Gasteiger partial charge in [-0.3, -0.25) is 9.59 Å². The number of nitrogens with one attached hydrogen (secondary N) is 3. The fraction of sp³-hybridized carbons (Fsp3) is 0.158. The maximum absolute atomic E-state index is 14.0. The number of rotatable bonds is 3. The van der Waals surface area contributed by atoms with Crippen LogP contribution in [0.15, 0.2) is 36.4 Å². The Labute approximate surface area is 144 Å². The summed E-state index contributed by atoms with van der Waals surface area (Å²) in [5, 5.41) is 6.07. The largest absolute Gasteiger partial charge is 0.358 e. The van der Waals surface area contributed by atoms with Crippen LogP contribution >= 0.6 is 0 Å². The molecule has 0 fully saturated rings. The molecule has 3 rings (SSSR count). The summed E-state index contributed by atoms with van der Waals surface area (Å²) in [4.78, 5) is 26.8. The molecule has 0 aliphatic carbocycles. The van der Waals surface area contributed by atoms with Gasteiger partial charge in [0.1, 0.15) is 5.82 Å². The van der Waals surface area contributed by atoms with Gasteiger partial charge in [0.05, 0.1) is 5.69 Å². The average molecular weight is 339 g/mol. The summed E-state index contributed by atoms with van der Waals surface area (Å²) in [5.74, 6) is -1.26. The number of amides is 2. The fourth-order valence-electron chi connectivity index (χ4n) is 2.70. The molecule has 0 unspecified atom stereocenters. The van der Waals surface area contributed by atoms with Gasteiger partial charge in [0.2, 0.25) is 5.91 Å². The van der Waals surface area contributed by atoms with Crippen molar-refractivity contribution in [2.45, 2.75) is 20.8 Å². The first-order chi connectivity index (χ1) is 11.8. The lowest BCUT2D eigenvalue weighted by Gasteiger charge is -2.09. The smallest absolute Gasteiger partial charge is 0.255 e. The lowest BCUT2D eigenvalue weighted by molar-refractivity contribution is -0.114. The maximum Gasteiger partial charge on any atom is 0.255 e. The van der Waals surface area contributed by atoms with Gasteiger partial charge in [0.15, 0.2) is 0 Å². The van der Waals surface area contributed by atoms with Crippen molar-refractivity contribution in [2.24, 2.45) is 0 Å². The average Bonchev–Trinajstić information content (AvgIpc) is 2.84. The Morgan fingerprint density at radius 1 is 1.04 bits per heavy atom. The molecule has 25 heavy (non-hydrogen) atoms. The number of aromatic amines is 1. The summed E-state index contributed by atoms with van der Waals surface area (Å²) < 4.78 is 14.0. The summed E-state index contributed by atoms with van der Waals surface area (Å²) >= 11 is 0. The first-order valence-corrected chi connectivity index (χ1v) is 7.82. The Kier molecular flexibility index (Phi) is 4.27. The van der Waals surface area contributed by atoms with Crippen LogP contribution in [0.4, 0.5) is 15.8 Å². The van der Waals surface area contributed by atoms with Crippen LogP contribution in [-0.4, -0.2) is 16.8 Å². The summed E-state index contributed by atoms with van der Waals surface area (Å²) in [6, 6.07) is 9.31. The second-order valence-electron chi connectivity index (χ2n) is 5.97. The predicted octanol–water partition coefficient (Wildman–Crippen LogP) is 4.13. The number of halogens is 1. The minimum Gasteiger partial charge on any atom is -0.358 e. The summed E-state index contributed by atoms with van der Waals surface area (Å²) in [7, 11) is 0. The third-order valence-corrected chi connectivity index (χ3v) is 4.11. The second kappa shape index (κ2) is 6.39. The van der Waals surface area contributed by atoms with Crippen molar-refractivity contribution < 1.29 is 14.0 Å². The number of hydrogen-bond acceptors (Lipinski definition) is 2. The highest BCUT2D eigenvalue weighted by Gasteiger charge is 2.13. The highest BCUT2D eigenvalue weighted by atomic mass is 19.1. The molecule has 0 atom stereocenters. The molecular weight excluding hydrogens is 321 g/mol. The van der Waals surface area contributed by atoms with Crippen molar-refractivity contribution in [3.63, 3.8) is 0 Å². The minimum atomic E-state index is -0.572. The van der Waals surface area contributed by atoms with Crippen LogP contribution in [0.25, 0.3) is 10.9 Å². The third-order valence-electron chi connectivity index (χ3n) is 4.11. The topological polar surface area (TPSA) is 74.0 Å². The van der Waals surface area contributed by atoms with E-state index < -0.39 is 11.7 Å². The molecule has 6 heteroatoms.